The first-order valence-corrected chi connectivity index (χ1v) is 6.01. The van der Waals surface area contributed by atoms with E-state index >= 15 is 0 Å². The van der Waals surface area contributed by atoms with Gasteiger partial charge in [-0.25, -0.2) is 0 Å². The molecule has 88 valence electrons. The van der Waals surface area contributed by atoms with Crippen molar-refractivity contribution in [3.05, 3.63) is 0 Å². The van der Waals surface area contributed by atoms with Crippen LogP contribution < -0.4 is 5.32 Å². The van der Waals surface area contributed by atoms with Crippen molar-refractivity contribution in [2.24, 2.45) is 11.8 Å². The molecule has 1 aliphatic rings. The molecule has 15 heavy (non-hydrogen) atoms. The average molecular weight is 212 g/mol. The lowest BCUT2D eigenvalue weighted by atomic mass is 10.2. The molecule has 1 heterocycles. The van der Waals surface area contributed by atoms with Crippen LogP contribution in [0.3, 0.4) is 0 Å². The van der Waals surface area contributed by atoms with Gasteiger partial charge in [0, 0.05) is 31.6 Å². The summed E-state index contributed by atoms with van der Waals surface area (Å²) in [7, 11) is 0. The minimum Gasteiger partial charge on any atom is -0.352 e. The van der Waals surface area contributed by atoms with E-state index in [1.165, 1.54) is 0 Å². The van der Waals surface area contributed by atoms with E-state index in [9.17, 15) is 4.79 Å². The fourth-order valence-electron chi connectivity index (χ4n) is 2.00. The summed E-state index contributed by atoms with van der Waals surface area (Å²) >= 11 is 0. The van der Waals surface area contributed by atoms with Crippen LogP contribution >= 0.6 is 0 Å². The van der Waals surface area contributed by atoms with E-state index in [4.69, 9.17) is 0 Å². The summed E-state index contributed by atoms with van der Waals surface area (Å²) in [4.78, 5) is 13.9. The van der Waals surface area contributed by atoms with Gasteiger partial charge in [-0.2, -0.15) is 0 Å². The van der Waals surface area contributed by atoms with Crippen LogP contribution in [0.4, 0.5) is 0 Å². The van der Waals surface area contributed by atoms with E-state index in [0.717, 1.165) is 26.1 Å². The van der Waals surface area contributed by atoms with Crippen molar-refractivity contribution in [3.63, 3.8) is 0 Å². The topological polar surface area (TPSA) is 32.3 Å². The molecule has 1 fully saturated rings. The highest BCUT2D eigenvalue weighted by Gasteiger charge is 2.24. The number of hydrogen-bond donors (Lipinski definition) is 1. The average Bonchev–Trinajstić information content (AvgIpc) is 2.51. The Balaban J connectivity index is 2.27. The van der Waals surface area contributed by atoms with Crippen molar-refractivity contribution >= 4 is 5.91 Å². The SMILES string of the molecule is CC(C)CN1CCC(NC(=O)C(C)C)C1. The van der Waals surface area contributed by atoms with Gasteiger partial charge in [-0.05, 0) is 12.3 Å². The minimum atomic E-state index is 0.101. The first kappa shape index (κ1) is 12.5. The van der Waals surface area contributed by atoms with Crippen molar-refractivity contribution in [2.75, 3.05) is 19.6 Å². The first-order chi connectivity index (χ1) is 6.99. The van der Waals surface area contributed by atoms with Gasteiger partial charge in [-0.15, -0.1) is 0 Å². The highest BCUT2D eigenvalue weighted by molar-refractivity contribution is 5.78. The Kier molecular flexibility index (Phi) is 4.58. The quantitative estimate of drug-likeness (QED) is 0.765. The smallest absolute Gasteiger partial charge is 0.222 e. The molecule has 1 atom stereocenters. The van der Waals surface area contributed by atoms with E-state index in [-0.39, 0.29) is 11.8 Å². The molecule has 0 aromatic rings. The molecule has 1 aliphatic heterocycles. The van der Waals surface area contributed by atoms with Crippen LogP contribution in [0.1, 0.15) is 34.1 Å². The lowest BCUT2D eigenvalue weighted by Gasteiger charge is -2.19. The van der Waals surface area contributed by atoms with Gasteiger partial charge in [0.2, 0.25) is 5.91 Å². The molecular formula is C12H24N2O. The maximum Gasteiger partial charge on any atom is 0.222 e. The Morgan fingerprint density at radius 1 is 1.40 bits per heavy atom. The minimum absolute atomic E-state index is 0.101. The molecule has 1 amide bonds. The van der Waals surface area contributed by atoms with Crippen molar-refractivity contribution < 1.29 is 4.79 Å². The second-order valence-electron chi connectivity index (χ2n) is 5.30. The summed E-state index contributed by atoms with van der Waals surface area (Å²) in [5.74, 6) is 1.00. The molecule has 1 N–H and O–H groups in total. The zero-order valence-electron chi connectivity index (χ0n) is 10.4. The second-order valence-corrected chi connectivity index (χ2v) is 5.30. The van der Waals surface area contributed by atoms with Crippen LogP contribution in [0.5, 0.6) is 0 Å². The predicted octanol–water partition coefficient (Wildman–Crippen LogP) is 1.49. The van der Waals surface area contributed by atoms with Crippen molar-refractivity contribution in [3.8, 4) is 0 Å². The van der Waals surface area contributed by atoms with Crippen LogP contribution in [-0.4, -0.2) is 36.5 Å². The lowest BCUT2D eigenvalue weighted by Crippen LogP contribution is -2.39. The maximum atomic E-state index is 11.5. The van der Waals surface area contributed by atoms with E-state index in [2.05, 4.69) is 24.1 Å². The number of rotatable bonds is 4. The Bertz CT molecular complexity index is 214. The van der Waals surface area contributed by atoms with Gasteiger partial charge in [-0.1, -0.05) is 27.7 Å². The zero-order valence-corrected chi connectivity index (χ0v) is 10.4. The number of amides is 1. The van der Waals surface area contributed by atoms with Crippen LogP contribution in [0.25, 0.3) is 0 Å². The van der Waals surface area contributed by atoms with Gasteiger partial charge >= 0.3 is 0 Å². The number of likely N-dealkylation sites (tertiary alicyclic amines) is 1. The number of carbonyl (C=O) groups is 1. The molecule has 3 heteroatoms. The third-order valence-corrected chi connectivity index (χ3v) is 2.77. The predicted molar refractivity (Wildman–Crippen MR) is 62.7 cm³/mol. The van der Waals surface area contributed by atoms with Crippen LogP contribution in [-0.2, 0) is 4.79 Å². The normalized spacial score (nSPS) is 22.7. The van der Waals surface area contributed by atoms with E-state index in [0.29, 0.717) is 12.0 Å². The molecular weight excluding hydrogens is 188 g/mol. The Morgan fingerprint density at radius 3 is 2.60 bits per heavy atom. The van der Waals surface area contributed by atoms with Gasteiger partial charge < -0.3 is 10.2 Å². The Labute approximate surface area is 93.2 Å². The largest absolute Gasteiger partial charge is 0.352 e. The van der Waals surface area contributed by atoms with Crippen molar-refractivity contribution in [1.29, 1.82) is 0 Å². The fourth-order valence-corrected chi connectivity index (χ4v) is 2.00. The Morgan fingerprint density at radius 2 is 2.07 bits per heavy atom. The summed E-state index contributed by atoms with van der Waals surface area (Å²) in [5.41, 5.74) is 0. The molecule has 1 unspecified atom stereocenters. The van der Waals surface area contributed by atoms with Crippen LogP contribution in [0.15, 0.2) is 0 Å². The van der Waals surface area contributed by atoms with E-state index in [1.54, 1.807) is 0 Å². The first-order valence-electron chi connectivity index (χ1n) is 6.01. The highest BCUT2D eigenvalue weighted by atomic mass is 16.1. The number of nitrogens with one attached hydrogen (secondary N) is 1. The molecule has 0 spiro atoms. The molecule has 0 radical (unpaired) electrons. The summed E-state index contributed by atoms with van der Waals surface area (Å²) < 4.78 is 0. The summed E-state index contributed by atoms with van der Waals surface area (Å²) in [6.45, 7) is 11.7. The van der Waals surface area contributed by atoms with Gasteiger partial charge in [-0.3, -0.25) is 4.79 Å². The van der Waals surface area contributed by atoms with Gasteiger partial charge in [0.1, 0.15) is 0 Å². The number of nitrogens with zero attached hydrogens (tertiary/aromatic N) is 1. The third-order valence-electron chi connectivity index (χ3n) is 2.77. The Hall–Kier alpha value is -0.570. The van der Waals surface area contributed by atoms with Crippen molar-refractivity contribution in [1.82, 2.24) is 10.2 Å². The van der Waals surface area contributed by atoms with Gasteiger partial charge in [0.05, 0.1) is 0 Å². The molecule has 0 aromatic carbocycles. The third kappa shape index (κ3) is 4.20. The standard InChI is InChI=1S/C12H24N2O/c1-9(2)7-14-6-5-11(8-14)13-12(15)10(3)4/h9-11H,5-8H2,1-4H3,(H,13,15). The lowest BCUT2D eigenvalue weighted by molar-refractivity contribution is -0.124. The van der Waals surface area contributed by atoms with Crippen molar-refractivity contribution in [2.45, 2.75) is 40.2 Å². The maximum absolute atomic E-state index is 11.5. The number of hydrogen-bond acceptors (Lipinski definition) is 2. The molecule has 0 aliphatic carbocycles. The second kappa shape index (κ2) is 5.50. The highest BCUT2D eigenvalue weighted by Crippen LogP contribution is 2.11. The molecule has 1 saturated heterocycles. The molecule has 0 saturated carbocycles. The summed E-state index contributed by atoms with van der Waals surface area (Å²) in [5, 5.41) is 3.10. The molecule has 0 aromatic heterocycles. The van der Waals surface area contributed by atoms with E-state index in [1.807, 2.05) is 13.8 Å². The molecule has 1 rings (SSSR count). The molecule has 0 bridgehead atoms. The fraction of sp³-hybridized carbons (Fsp3) is 0.917. The van der Waals surface area contributed by atoms with Gasteiger partial charge in [0.15, 0.2) is 0 Å². The molecule has 3 nitrogen and oxygen atoms in total. The zero-order chi connectivity index (χ0) is 11.4. The number of carbonyl (C=O) groups excluding carboxylic acids is 1. The summed E-state index contributed by atoms with van der Waals surface area (Å²) in [6, 6.07) is 0.374. The monoisotopic (exact) mass is 212 g/mol. The van der Waals surface area contributed by atoms with Gasteiger partial charge in [0.25, 0.3) is 0 Å². The van der Waals surface area contributed by atoms with Crippen LogP contribution in [0, 0.1) is 11.8 Å². The summed E-state index contributed by atoms with van der Waals surface area (Å²) in [6.07, 6.45) is 1.10. The van der Waals surface area contributed by atoms with E-state index < -0.39 is 0 Å². The van der Waals surface area contributed by atoms with Crippen LogP contribution in [0.2, 0.25) is 0 Å².